The molecule has 4 aliphatic carbocycles. The van der Waals surface area contributed by atoms with Crippen molar-refractivity contribution >= 4 is 11.0 Å². The van der Waals surface area contributed by atoms with E-state index in [0.717, 1.165) is 29.6 Å². The highest BCUT2D eigenvalue weighted by Gasteiger charge is 2.67. The van der Waals surface area contributed by atoms with Crippen LogP contribution >= 0.6 is 0 Å². The molecule has 0 radical (unpaired) electrons. The van der Waals surface area contributed by atoms with Gasteiger partial charge in [0.2, 0.25) is 0 Å². The molecule has 1 saturated heterocycles. The van der Waals surface area contributed by atoms with E-state index in [1.165, 1.54) is 49.1 Å². The number of ether oxygens (including phenoxy) is 1. The summed E-state index contributed by atoms with van der Waals surface area (Å²) >= 11 is 0. The Labute approximate surface area is 188 Å². The van der Waals surface area contributed by atoms with E-state index in [9.17, 15) is 0 Å². The molecule has 0 unspecified atom stereocenters. The predicted octanol–water partition coefficient (Wildman–Crippen LogP) is 5.33. The fraction of sp³-hybridized carbons (Fsp3) is 0.615. The number of pyridine rings is 1. The first-order valence-corrected chi connectivity index (χ1v) is 12.2. The van der Waals surface area contributed by atoms with Crippen LogP contribution in [0.4, 0.5) is 0 Å². The molecular formula is C26H31N5O. The molecule has 32 heavy (non-hydrogen) atoms. The van der Waals surface area contributed by atoms with E-state index < -0.39 is 0 Å². The first-order chi connectivity index (χ1) is 15.4. The van der Waals surface area contributed by atoms with Gasteiger partial charge in [0.05, 0.1) is 41.4 Å². The number of hydrogen-bond donors (Lipinski definition) is 0. The summed E-state index contributed by atoms with van der Waals surface area (Å²) in [5.41, 5.74) is 7.35. The standard InChI is InChI=1S/C26H31N5O/c1-15-9-27-23-21(29-15)8-20(30-24(23)26-12-25(3,13-26)14-26)17-6-16(2)32-22(7-17)18-10-28-31(11-18)19-4-5-19/h8-11,16-17,19,22H,4-7,12-14H2,1-3H3/t16-,17+,22-,25?,26?/m1/s1. The normalized spacial score (nSPS) is 36.0. The molecular weight excluding hydrogens is 398 g/mol. The molecule has 0 aromatic carbocycles. The zero-order valence-electron chi connectivity index (χ0n) is 19.2. The van der Waals surface area contributed by atoms with Crippen LogP contribution in [0, 0.1) is 12.3 Å². The van der Waals surface area contributed by atoms with Gasteiger partial charge >= 0.3 is 0 Å². The maximum Gasteiger partial charge on any atom is 0.111 e. The second kappa shape index (κ2) is 6.37. The Morgan fingerprint density at radius 2 is 1.91 bits per heavy atom. The van der Waals surface area contributed by atoms with Gasteiger partial charge in [-0.15, -0.1) is 0 Å². The molecule has 6 nitrogen and oxygen atoms in total. The number of nitrogens with zero attached hydrogens (tertiary/aromatic N) is 5. The Morgan fingerprint density at radius 1 is 1.09 bits per heavy atom. The van der Waals surface area contributed by atoms with Gasteiger partial charge < -0.3 is 4.74 Å². The SMILES string of the molecule is Cc1cnc2c(C34CC(C)(C3)C4)nc([C@H]3C[C@@H](C)O[C@@H](c4cnn(C5CC5)c4)C3)cc2n1. The van der Waals surface area contributed by atoms with Gasteiger partial charge in [-0.25, -0.2) is 4.98 Å². The van der Waals surface area contributed by atoms with Gasteiger partial charge in [0, 0.05) is 35.0 Å². The number of aryl methyl sites for hydroxylation is 1. The molecule has 0 N–H and O–H groups in total. The van der Waals surface area contributed by atoms with Crippen LogP contribution in [0.25, 0.3) is 11.0 Å². The lowest BCUT2D eigenvalue weighted by Gasteiger charge is -2.69. The van der Waals surface area contributed by atoms with E-state index in [1.807, 2.05) is 19.3 Å². The van der Waals surface area contributed by atoms with E-state index in [2.05, 4.69) is 35.9 Å². The first-order valence-electron chi connectivity index (χ1n) is 12.2. The Morgan fingerprint density at radius 3 is 2.66 bits per heavy atom. The van der Waals surface area contributed by atoms with Crippen LogP contribution in [-0.4, -0.2) is 30.8 Å². The van der Waals surface area contributed by atoms with E-state index >= 15 is 0 Å². The smallest absolute Gasteiger partial charge is 0.111 e. The number of aromatic nitrogens is 5. The number of hydrogen-bond acceptors (Lipinski definition) is 5. The summed E-state index contributed by atoms with van der Waals surface area (Å²) in [7, 11) is 0. The van der Waals surface area contributed by atoms with Gasteiger partial charge in [-0.3, -0.25) is 14.6 Å². The van der Waals surface area contributed by atoms with Crippen LogP contribution in [0.2, 0.25) is 0 Å². The number of rotatable bonds is 4. The van der Waals surface area contributed by atoms with Crippen molar-refractivity contribution in [2.45, 2.75) is 95.3 Å². The molecule has 4 heterocycles. The van der Waals surface area contributed by atoms with Crippen molar-refractivity contribution in [3.8, 4) is 0 Å². The molecule has 1 aliphatic heterocycles. The summed E-state index contributed by atoms with van der Waals surface area (Å²) in [6, 6.07) is 2.81. The molecule has 0 spiro atoms. The quantitative estimate of drug-likeness (QED) is 0.561. The zero-order valence-corrected chi connectivity index (χ0v) is 19.2. The molecule has 0 amide bonds. The molecule has 5 aliphatic rings. The third kappa shape index (κ3) is 2.88. The van der Waals surface area contributed by atoms with E-state index in [4.69, 9.17) is 19.7 Å². The molecule has 166 valence electrons. The third-order valence-corrected chi connectivity index (χ3v) is 8.31. The topological polar surface area (TPSA) is 65.7 Å². The van der Waals surface area contributed by atoms with Crippen LogP contribution < -0.4 is 0 Å². The molecule has 6 heteroatoms. The van der Waals surface area contributed by atoms with Crippen molar-refractivity contribution in [3.63, 3.8) is 0 Å². The van der Waals surface area contributed by atoms with Crippen molar-refractivity contribution in [3.05, 3.63) is 47.3 Å². The lowest BCUT2D eigenvalue weighted by molar-refractivity contribution is -0.127. The second-order valence-electron chi connectivity index (χ2n) is 11.5. The van der Waals surface area contributed by atoms with Gasteiger partial charge in [0.1, 0.15) is 5.52 Å². The van der Waals surface area contributed by atoms with Gasteiger partial charge in [-0.1, -0.05) is 6.92 Å². The summed E-state index contributed by atoms with van der Waals surface area (Å²) in [5, 5.41) is 4.61. The summed E-state index contributed by atoms with van der Waals surface area (Å²) in [4.78, 5) is 15.0. The van der Waals surface area contributed by atoms with E-state index in [1.54, 1.807) is 0 Å². The van der Waals surface area contributed by atoms with E-state index in [-0.39, 0.29) is 17.6 Å². The fourth-order valence-corrected chi connectivity index (χ4v) is 6.92. The van der Waals surface area contributed by atoms with Crippen molar-refractivity contribution < 1.29 is 4.74 Å². The predicted molar refractivity (Wildman–Crippen MR) is 121 cm³/mol. The van der Waals surface area contributed by atoms with E-state index in [0.29, 0.717) is 17.4 Å². The summed E-state index contributed by atoms with van der Waals surface area (Å²) in [6.07, 6.45) is 14.5. The van der Waals surface area contributed by atoms with Crippen LogP contribution in [0.5, 0.6) is 0 Å². The lowest BCUT2D eigenvalue weighted by Crippen LogP contribution is -2.63. The van der Waals surface area contributed by atoms with Crippen LogP contribution in [0.3, 0.4) is 0 Å². The summed E-state index contributed by atoms with van der Waals surface area (Å²) in [5.74, 6) is 0.362. The maximum atomic E-state index is 6.39. The van der Waals surface area contributed by atoms with Gasteiger partial charge in [-0.05, 0) is 70.3 Å². The van der Waals surface area contributed by atoms with Gasteiger partial charge in [-0.2, -0.15) is 5.10 Å². The number of fused-ring (bicyclic) bond motifs is 1. The minimum Gasteiger partial charge on any atom is -0.370 e. The minimum absolute atomic E-state index is 0.0784. The van der Waals surface area contributed by atoms with Gasteiger partial charge in [0.15, 0.2) is 0 Å². The Hall–Kier alpha value is -2.34. The molecule has 3 aromatic rings. The monoisotopic (exact) mass is 429 g/mol. The fourth-order valence-electron chi connectivity index (χ4n) is 6.92. The van der Waals surface area contributed by atoms with Crippen LogP contribution in [-0.2, 0) is 10.2 Å². The Bertz CT molecular complexity index is 1210. The minimum atomic E-state index is 0.0784. The third-order valence-electron chi connectivity index (χ3n) is 8.31. The maximum absolute atomic E-state index is 6.39. The highest BCUT2D eigenvalue weighted by molar-refractivity contribution is 5.79. The molecule has 3 atom stereocenters. The van der Waals surface area contributed by atoms with Gasteiger partial charge in [0.25, 0.3) is 0 Å². The summed E-state index contributed by atoms with van der Waals surface area (Å²) < 4.78 is 8.51. The highest BCUT2D eigenvalue weighted by atomic mass is 16.5. The molecule has 2 bridgehead atoms. The summed E-state index contributed by atoms with van der Waals surface area (Å²) in [6.45, 7) is 6.62. The molecule has 3 aromatic heterocycles. The van der Waals surface area contributed by atoms with Crippen molar-refractivity contribution in [2.75, 3.05) is 0 Å². The average molecular weight is 430 g/mol. The van der Waals surface area contributed by atoms with Crippen molar-refractivity contribution in [1.82, 2.24) is 24.7 Å². The average Bonchev–Trinajstić information content (AvgIpc) is 3.45. The Balaban J connectivity index is 1.26. The zero-order chi connectivity index (χ0) is 21.7. The Kier molecular flexibility index (Phi) is 3.82. The molecule has 5 fully saturated rings. The highest BCUT2D eigenvalue weighted by Crippen LogP contribution is 2.73. The second-order valence-corrected chi connectivity index (χ2v) is 11.5. The lowest BCUT2D eigenvalue weighted by atomic mass is 9.35. The molecule has 4 saturated carbocycles. The van der Waals surface area contributed by atoms with Crippen LogP contribution in [0.1, 0.15) is 99.5 Å². The van der Waals surface area contributed by atoms with Crippen LogP contribution in [0.15, 0.2) is 24.7 Å². The largest absolute Gasteiger partial charge is 0.370 e. The van der Waals surface area contributed by atoms with Crippen molar-refractivity contribution in [1.29, 1.82) is 0 Å². The van der Waals surface area contributed by atoms with Crippen molar-refractivity contribution in [2.24, 2.45) is 5.41 Å². The first kappa shape index (κ1) is 19.2. The molecule has 8 rings (SSSR count).